The van der Waals surface area contributed by atoms with Gasteiger partial charge < -0.3 is 0 Å². The van der Waals surface area contributed by atoms with Crippen LogP contribution in [0.25, 0.3) is 0 Å². The van der Waals surface area contributed by atoms with Crippen LogP contribution in [0.15, 0.2) is 0 Å². The van der Waals surface area contributed by atoms with Gasteiger partial charge in [0, 0.05) is 12.8 Å². The molecular weight excluding hydrogens is 122 g/mol. The summed E-state index contributed by atoms with van der Waals surface area (Å²) in [5, 5.41) is 0. The van der Waals surface area contributed by atoms with Gasteiger partial charge in [-0.15, -0.1) is 0 Å². The number of hydrogen-bond acceptors (Lipinski definition) is 1. The van der Waals surface area contributed by atoms with Crippen molar-refractivity contribution >= 4 is 11.0 Å². The van der Waals surface area contributed by atoms with Crippen molar-refractivity contribution < 1.29 is 4.21 Å². The number of nitrogens with one attached hydrogen (secondary N) is 1. The Morgan fingerprint density at radius 1 is 1.62 bits per heavy atom. The molecule has 0 spiro atoms. The van der Waals surface area contributed by atoms with Gasteiger partial charge in [-0.05, 0) is 5.92 Å². The summed E-state index contributed by atoms with van der Waals surface area (Å²) in [6.45, 7) is 5.00. The van der Waals surface area contributed by atoms with Gasteiger partial charge in [0.05, 0.1) is 11.0 Å². The van der Waals surface area contributed by atoms with Crippen LogP contribution < -0.4 is 4.72 Å². The second-order valence-electron chi connectivity index (χ2n) is 2.20. The smallest absolute Gasteiger partial charge is 0.0883 e. The van der Waals surface area contributed by atoms with E-state index in [4.69, 9.17) is 0 Å². The van der Waals surface area contributed by atoms with Gasteiger partial charge in [0.15, 0.2) is 0 Å². The van der Waals surface area contributed by atoms with Gasteiger partial charge in [0.25, 0.3) is 0 Å². The van der Waals surface area contributed by atoms with Gasteiger partial charge in [0.2, 0.25) is 0 Å². The largest absolute Gasteiger partial charge is 0.243 e. The first kappa shape index (κ1) is 8.11. The van der Waals surface area contributed by atoms with Crippen LogP contribution in [-0.4, -0.2) is 17.0 Å². The van der Waals surface area contributed by atoms with Crippen molar-refractivity contribution in [2.75, 3.05) is 12.8 Å². The third-order valence-corrected chi connectivity index (χ3v) is 1.27. The Bertz CT molecular complexity index is 82.5. The van der Waals surface area contributed by atoms with E-state index < -0.39 is 11.0 Å². The molecule has 0 aromatic rings. The van der Waals surface area contributed by atoms with Crippen LogP contribution in [0.4, 0.5) is 0 Å². The minimum Gasteiger partial charge on any atom is -0.243 e. The molecule has 0 saturated heterocycles. The quantitative estimate of drug-likeness (QED) is 0.600. The number of hydrogen-bond donors (Lipinski definition) is 1. The van der Waals surface area contributed by atoms with E-state index in [9.17, 15) is 4.21 Å². The highest BCUT2D eigenvalue weighted by Crippen LogP contribution is 1.86. The fraction of sp³-hybridized carbons (Fsp3) is 1.00. The van der Waals surface area contributed by atoms with Gasteiger partial charge in [0.1, 0.15) is 0 Å². The summed E-state index contributed by atoms with van der Waals surface area (Å²) in [5.74, 6) is 0.582. The van der Waals surface area contributed by atoms with Gasteiger partial charge >= 0.3 is 0 Å². The van der Waals surface area contributed by atoms with Gasteiger partial charge in [-0.25, -0.2) is 8.93 Å². The second-order valence-corrected chi connectivity index (χ2v) is 3.39. The van der Waals surface area contributed by atoms with Crippen molar-refractivity contribution in [2.24, 2.45) is 5.92 Å². The molecule has 1 N–H and O–H groups in total. The summed E-state index contributed by atoms with van der Waals surface area (Å²) in [6, 6.07) is 0. The highest BCUT2D eigenvalue weighted by molar-refractivity contribution is 7.82. The maximum absolute atomic E-state index is 10.3. The summed E-state index contributed by atoms with van der Waals surface area (Å²) < 4.78 is 13.2. The van der Waals surface area contributed by atoms with E-state index in [2.05, 4.69) is 18.6 Å². The van der Waals surface area contributed by atoms with E-state index in [1.165, 1.54) is 0 Å². The average molecular weight is 135 g/mol. The Kier molecular flexibility index (Phi) is 4.09. The molecule has 0 heterocycles. The van der Waals surface area contributed by atoms with E-state index >= 15 is 0 Å². The molecule has 0 aromatic heterocycles. The lowest BCUT2D eigenvalue weighted by molar-refractivity contribution is 0.619. The number of rotatable bonds is 3. The Hall–Kier alpha value is 0.110. The predicted molar refractivity (Wildman–Crippen MR) is 36.9 cm³/mol. The Balaban J connectivity index is 3.05. The molecule has 1 atom stereocenters. The predicted octanol–water partition coefficient (Wildman–Crippen LogP) is 0.526. The Morgan fingerprint density at radius 2 is 2.12 bits per heavy atom. The molecule has 3 heteroatoms. The maximum Gasteiger partial charge on any atom is 0.0883 e. The average Bonchev–Trinajstić information content (AvgIpc) is 1.61. The van der Waals surface area contributed by atoms with Crippen molar-refractivity contribution in [3.63, 3.8) is 0 Å². The molecule has 0 aliphatic heterocycles. The van der Waals surface area contributed by atoms with Crippen LogP contribution in [-0.2, 0) is 11.0 Å². The lowest BCUT2D eigenvalue weighted by Crippen LogP contribution is -2.20. The minimum atomic E-state index is -0.836. The molecule has 0 rings (SSSR count). The standard InChI is InChI=1S/C5H13NOS/c1-5(2)4-6-8(3)7/h5-6H,4H2,1-3H3/t8-/m0/s1. The van der Waals surface area contributed by atoms with Crippen LogP contribution in [0.5, 0.6) is 0 Å². The molecule has 0 aliphatic carbocycles. The van der Waals surface area contributed by atoms with Crippen LogP contribution in [0.2, 0.25) is 0 Å². The van der Waals surface area contributed by atoms with Crippen LogP contribution in [0.1, 0.15) is 13.8 Å². The van der Waals surface area contributed by atoms with Crippen molar-refractivity contribution in [1.29, 1.82) is 0 Å². The van der Waals surface area contributed by atoms with Crippen LogP contribution in [0.3, 0.4) is 0 Å². The van der Waals surface area contributed by atoms with Gasteiger partial charge in [-0.1, -0.05) is 13.8 Å². The third kappa shape index (κ3) is 6.11. The highest BCUT2D eigenvalue weighted by atomic mass is 32.2. The van der Waals surface area contributed by atoms with E-state index in [1.54, 1.807) is 6.26 Å². The molecule has 0 aromatic carbocycles. The summed E-state index contributed by atoms with van der Waals surface area (Å²) >= 11 is 0. The molecule has 0 radical (unpaired) electrons. The molecular formula is C5H13NOS. The normalized spacial score (nSPS) is 14.5. The summed E-state index contributed by atoms with van der Waals surface area (Å²) in [5.41, 5.74) is 0. The Labute approximate surface area is 53.3 Å². The Morgan fingerprint density at radius 3 is 2.25 bits per heavy atom. The van der Waals surface area contributed by atoms with Gasteiger partial charge in [-0.3, -0.25) is 0 Å². The fourth-order valence-corrected chi connectivity index (χ4v) is 0.852. The molecule has 2 nitrogen and oxygen atoms in total. The van der Waals surface area contributed by atoms with E-state index in [-0.39, 0.29) is 0 Å². The van der Waals surface area contributed by atoms with Crippen LogP contribution in [0, 0.1) is 5.92 Å². The first-order chi connectivity index (χ1) is 3.63. The van der Waals surface area contributed by atoms with Crippen molar-refractivity contribution in [2.45, 2.75) is 13.8 Å². The zero-order valence-corrected chi connectivity index (χ0v) is 6.42. The van der Waals surface area contributed by atoms with Crippen molar-refractivity contribution in [1.82, 2.24) is 4.72 Å². The summed E-state index contributed by atoms with van der Waals surface area (Å²) in [4.78, 5) is 0. The molecule has 0 amide bonds. The summed E-state index contributed by atoms with van der Waals surface area (Å²) in [6.07, 6.45) is 1.64. The molecule has 0 bridgehead atoms. The molecule has 50 valence electrons. The highest BCUT2D eigenvalue weighted by Gasteiger charge is 1.92. The molecule has 0 unspecified atom stereocenters. The van der Waals surface area contributed by atoms with Gasteiger partial charge in [-0.2, -0.15) is 0 Å². The SMILES string of the molecule is CC(C)CN[S@](C)=O. The fourth-order valence-electron chi connectivity index (χ4n) is 0.284. The third-order valence-electron chi connectivity index (χ3n) is 0.695. The van der Waals surface area contributed by atoms with Crippen molar-refractivity contribution in [3.8, 4) is 0 Å². The first-order valence-corrected chi connectivity index (χ1v) is 4.25. The molecule has 0 saturated carbocycles. The first-order valence-electron chi connectivity index (χ1n) is 2.70. The van der Waals surface area contributed by atoms with Crippen LogP contribution >= 0.6 is 0 Å². The molecule has 0 aliphatic rings. The monoisotopic (exact) mass is 135 g/mol. The van der Waals surface area contributed by atoms with Crippen molar-refractivity contribution in [3.05, 3.63) is 0 Å². The second kappa shape index (κ2) is 4.04. The lowest BCUT2D eigenvalue weighted by Gasteiger charge is -2.01. The minimum absolute atomic E-state index is 0.582. The molecule has 0 fully saturated rings. The van der Waals surface area contributed by atoms with E-state index in [1.807, 2.05) is 0 Å². The van der Waals surface area contributed by atoms with E-state index in [0.717, 1.165) is 6.54 Å². The molecule has 8 heavy (non-hydrogen) atoms. The van der Waals surface area contributed by atoms with E-state index in [0.29, 0.717) is 5.92 Å². The zero-order valence-electron chi connectivity index (χ0n) is 5.60. The topological polar surface area (TPSA) is 29.1 Å². The summed E-state index contributed by atoms with van der Waals surface area (Å²) in [7, 11) is -0.836. The zero-order chi connectivity index (χ0) is 6.57. The lowest BCUT2D eigenvalue weighted by atomic mass is 10.2. The maximum atomic E-state index is 10.3.